The van der Waals surface area contributed by atoms with Crippen molar-refractivity contribution in [3.05, 3.63) is 83.4 Å². The summed E-state index contributed by atoms with van der Waals surface area (Å²) in [6, 6.07) is 19.3. The van der Waals surface area contributed by atoms with Crippen molar-refractivity contribution in [2.24, 2.45) is 11.8 Å². The summed E-state index contributed by atoms with van der Waals surface area (Å²) < 4.78 is 5.36. The quantitative estimate of drug-likeness (QED) is 0.102. The lowest BCUT2D eigenvalue weighted by atomic mass is 9.81. The van der Waals surface area contributed by atoms with Gasteiger partial charge in [0.05, 0.1) is 0 Å². The van der Waals surface area contributed by atoms with Gasteiger partial charge in [0.1, 0.15) is 11.6 Å². The van der Waals surface area contributed by atoms with E-state index in [4.69, 9.17) is 4.74 Å². The monoisotopic (exact) mass is 807 g/mol. The summed E-state index contributed by atoms with van der Waals surface area (Å²) >= 11 is 0. The molecule has 0 radical (unpaired) electrons. The van der Waals surface area contributed by atoms with Crippen molar-refractivity contribution in [3.8, 4) is 22.5 Å². The molecule has 312 valence electrons. The van der Waals surface area contributed by atoms with E-state index in [9.17, 15) is 29.1 Å². The first-order valence-electron chi connectivity index (χ1n) is 20.1. The number of anilines is 1. The van der Waals surface area contributed by atoms with Gasteiger partial charge in [-0.05, 0) is 136 Å². The molecule has 5 amide bonds. The van der Waals surface area contributed by atoms with Crippen molar-refractivity contribution in [1.82, 2.24) is 41.5 Å². The Labute approximate surface area is 343 Å². The number of carboxylic acid groups (broad SMARTS) is 1. The third kappa shape index (κ3) is 11.9. The summed E-state index contributed by atoms with van der Waals surface area (Å²) in [6.45, 7) is 8.66. The molecule has 3 aromatic carbocycles. The van der Waals surface area contributed by atoms with Gasteiger partial charge in [0.2, 0.25) is 17.6 Å². The van der Waals surface area contributed by atoms with Crippen molar-refractivity contribution in [2.45, 2.75) is 90.3 Å². The number of carbonyl (C=O) groups excluding carboxylic acids is 4. The van der Waals surface area contributed by atoms with Gasteiger partial charge in [0.25, 0.3) is 5.91 Å². The van der Waals surface area contributed by atoms with Gasteiger partial charge in [-0.2, -0.15) is 5.21 Å². The Morgan fingerprint density at radius 2 is 1.58 bits per heavy atom. The number of likely N-dealkylation sites (tertiary alicyclic amines) is 1. The third-order valence-corrected chi connectivity index (χ3v) is 10.8. The number of aromatic amines is 1. The van der Waals surface area contributed by atoms with Crippen molar-refractivity contribution >= 4 is 35.6 Å². The maximum Gasteiger partial charge on any atom is 0.407 e. The summed E-state index contributed by atoms with van der Waals surface area (Å²) in [4.78, 5) is 65.7. The predicted molar refractivity (Wildman–Crippen MR) is 220 cm³/mol. The fourth-order valence-electron chi connectivity index (χ4n) is 7.50. The SMILES string of the molecule is Cc1ccc(C(=O)NC2CCN(C(=O)O)CC2)cc1-c1ccc(C[C@H](NC(=O)C2CCC(CNC(=O)OC(C)(C)C)CC2)C(=O)Nc2ccc(-c3nn[nH]n3)cc2)cc1. The number of rotatable bonds is 12. The van der Waals surface area contributed by atoms with Crippen LogP contribution >= 0.6 is 0 Å². The van der Waals surface area contributed by atoms with Crippen molar-refractivity contribution < 1.29 is 33.8 Å². The highest BCUT2D eigenvalue weighted by Crippen LogP contribution is 2.30. The lowest BCUT2D eigenvalue weighted by Crippen LogP contribution is -2.48. The molecule has 6 N–H and O–H groups in total. The number of aromatic nitrogens is 4. The van der Waals surface area contributed by atoms with Crippen LogP contribution < -0.4 is 21.3 Å². The molecule has 2 aliphatic rings. The molecule has 0 spiro atoms. The molecular formula is C43H53N9O7. The number of nitrogens with one attached hydrogen (secondary N) is 5. The van der Waals surface area contributed by atoms with Crippen LogP contribution in [0.15, 0.2) is 66.7 Å². The smallest absolute Gasteiger partial charge is 0.407 e. The average Bonchev–Trinajstić information content (AvgIpc) is 3.76. The van der Waals surface area contributed by atoms with E-state index in [1.807, 2.05) is 64.1 Å². The Kier molecular flexibility index (Phi) is 13.6. The Morgan fingerprint density at radius 1 is 0.898 bits per heavy atom. The van der Waals surface area contributed by atoms with Crippen LogP contribution in [0.4, 0.5) is 15.3 Å². The molecule has 1 aromatic heterocycles. The maximum absolute atomic E-state index is 13.9. The van der Waals surface area contributed by atoms with Gasteiger partial charge < -0.3 is 36.0 Å². The largest absolute Gasteiger partial charge is 0.465 e. The molecule has 1 saturated heterocycles. The van der Waals surface area contributed by atoms with Crippen molar-refractivity contribution in [3.63, 3.8) is 0 Å². The van der Waals surface area contributed by atoms with E-state index in [1.165, 1.54) is 4.90 Å². The lowest BCUT2D eigenvalue weighted by Gasteiger charge is -2.30. The van der Waals surface area contributed by atoms with Gasteiger partial charge in [-0.1, -0.05) is 30.3 Å². The number of nitrogens with zero attached hydrogens (tertiary/aromatic N) is 4. The van der Waals surface area contributed by atoms with Gasteiger partial charge in [-0.25, -0.2) is 9.59 Å². The zero-order valence-electron chi connectivity index (χ0n) is 33.9. The van der Waals surface area contributed by atoms with Crippen LogP contribution in [0.5, 0.6) is 0 Å². The van der Waals surface area contributed by atoms with Crippen LogP contribution in [-0.4, -0.2) is 97.9 Å². The summed E-state index contributed by atoms with van der Waals surface area (Å²) in [5.41, 5.74) is 4.77. The van der Waals surface area contributed by atoms with Gasteiger partial charge in [-0.15, -0.1) is 10.2 Å². The van der Waals surface area contributed by atoms with E-state index in [1.54, 1.807) is 30.3 Å². The van der Waals surface area contributed by atoms with Crippen LogP contribution in [0, 0.1) is 18.8 Å². The molecule has 16 heteroatoms. The molecule has 1 aliphatic heterocycles. The van der Waals surface area contributed by atoms with Gasteiger partial charge in [0.15, 0.2) is 0 Å². The molecule has 0 unspecified atom stereocenters. The van der Waals surface area contributed by atoms with Crippen LogP contribution in [0.25, 0.3) is 22.5 Å². The Morgan fingerprint density at radius 3 is 2.20 bits per heavy atom. The van der Waals surface area contributed by atoms with Crippen LogP contribution in [0.2, 0.25) is 0 Å². The van der Waals surface area contributed by atoms with Gasteiger partial charge in [-0.3, -0.25) is 14.4 Å². The zero-order valence-corrected chi connectivity index (χ0v) is 33.9. The summed E-state index contributed by atoms with van der Waals surface area (Å²) in [6.07, 6.45) is 2.72. The second-order valence-corrected chi connectivity index (χ2v) is 16.4. The highest BCUT2D eigenvalue weighted by Gasteiger charge is 2.31. The van der Waals surface area contributed by atoms with E-state index in [2.05, 4.69) is 41.9 Å². The standard InChI is InChI=1S/C43H53N9O7/c1-26-5-10-32(39(54)45-34-19-21-52(22-20-34)42(57)58)24-35(26)29-11-6-27(7-12-29)23-36(40(55)46-33-17-15-30(16-18-33)37-48-50-51-49-37)47-38(53)31-13-8-28(9-14-31)25-44-41(56)59-43(2,3)4/h5-7,10-12,15-18,24,28,31,34,36H,8-9,13-14,19-23,25H2,1-4H3,(H,44,56)(H,45,54)(H,46,55)(H,47,53)(H,57,58)(H,48,49,50,51)/t28?,31?,36-/m0/s1. The van der Waals surface area contributed by atoms with E-state index in [0.29, 0.717) is 62.4 Å². The molecule has 6 rings (SSSR count). The summed E-state index contributed by atoms with van der Waals surface area (Å²) in [7, 11) is 0. The van der Waals surface area contributed by atoms with Gasteiger partial charge in [0, 0.05) is 54.8 Å². The molecule has 2 heterocycles. The maximum atomic E-state index is 13.9. The Balaban J connectivity index is 1.11. The van der Waals surface area contributed by atoms with Crippen molar-refractivity contribution in [2.75, 3.05) is 25.0 Å². The molecule has 4 aromatic rings. The molecule has 1 aliphatic carbocycles. The van der Waals surface area contributed by atoms with E-state index >= 15 is 0 Å². The summed E-state index contributed by atoms with van der Waals surface area (Å²) in [5, 5.41) is 35.2. The van der Waals surface area contributed by atoms with E-state index < -0.39 is 23.8 Å². The minimum atomic E-state index is -0.946. The first kappa shape index (κ1) is 42.3. The second-order valence-electron chi connectivity index (χ2n) is 16.4. The number of alkyl carbamates (subject to hydrolysis) is 1. The molecule has 0 bridgehead atoms. The highest BCUT2D eigenvalue weighted by molar-refractivity contribution is 5.98. The fraction of sp³-hybridized carbons (Fsp3) is 0.442. The first-order valence-corrected chi connectivity index (χ1v) is 20.1. The van der Waals surface area contributed by atoms with Gasteiger partial charge >= 0.3 is 12.2 Å². The topological polar surface area (TPSA) is 221 Å². The molecule has 59 heavy (non-hydrogen) atoms. The van der Waals surface area contributed by atoms with Crippen LogP contribution in [-0.2, 0) is 20.7 Å². The molecule has 1 saturated carbocycles. The molecular weight excluding hydrogens is 755 g/mol. The van der Waals surface area contributed by atoms with Crippen molar-refractivity contribution in [1.29, 1.82) is 0 Å². The number of amides is 5. The number of hydrogen-bond acceptors (Lipinski definition) is 9. The lowest BCUT2D eigenvalue weighted by molar-refractivity contribution is -0.130. The molecule has 2 fully saturated rings. The number of carbonyl (C=O) groups is 5. The predicted octanol–water partition coefficient (Wildman–Crippen LogP) is 5.71. The third-order valence-electron chi connectivity index (χ3n) is 10.8. The minimum Gasteiger partial charge on any atom is -0.465 e. The first-order chi connectivity index (χ1) is 28.2. The molecule has 1 atom stereocenters. The number of H-pyrrole nitrogens is 1. The minimum absolute atomic E-state index is 0.105. The average molecular weight is 808 g/mol. The summed E-state index contributed by atoms with van der Waals surface area (Å²) in [5.74, 6) is -0.394. The number of ether oxygens (including phenoxy) is 1. The Hall–Kier alpha value is -6.32. The number of hydrogen-bond donors (Lipinski definition) is 6. The number of aryl methyl sites for hydroxylation is 1. The number of tetrazole rings is 1. The zero-order chi connectivity index (χ0) is 42.1. The second kappa shape index (κ2) is 19.0. The number of benzene rings is 3. The van der Waals surface area contributed by atoms with E-state index in [-0.39, 0.29) is 42.0 Å². The fourth-order valence-corrected chi connectivity index (χ4v) is 7.50. The normalized spacial score (nSPS) is 17.7. The highest BCUT2D eigenvalue weighted by atomic mass is 16.6. The van der Waals surface area contributed by atoms with Crippen LogP contribution in [0.1, 0.15) is 80.8 Å². The molecule has 16 nitrogen and oxygen atoms in total. The van der Waals surface area contributed by atoms with E-state index in [0.717, 1.165) is 40.7 Å². The number of piperidine rings is 1. The Bertz CT molecular complexity index is 2080. The van der Waals surface area contributed by atoms with Crippen LogP contribution in [0.3, 0.4) is 0 Å².